The molecule has 1 aromatic heterocycles. The number of phenols is 1. The highest BCUT2D eigenvalue weighted by atomic mass is 79.9. The summed E-state index contributed by atoms with van der Waals surface area (Å²) in [5.41, 5.74) is 0.918. The van der Waals surface area contributed by atoms with E-state index in [9.17, 15) is 5.11 Å². The summed E-state index contributed by atoms with van der Waals surface area (Å²) in [4.78, 5) is 5.59. The maximum Gasteiger partial charge on any atom is 0.172 e. The molecule has 0 bridgehead atoms. The Kier molecular flexibility index (Phi) is 4.44. The van der Waals surface area contributed by atoms with Gasteiger partial charge in [0.15, 0.2) is 11.5 Å². The van der Waals surface area contributed by atoms with Crippen LogP contribution >= 0.6 is 27.3 Å². The van der Waals surface area contributed by atoms with Crippen molar-refractivity contribution in [3.05, 3.63) is 27.7 Å². The van der Waals surface area contributed by atoms with Gasteiger partial charge in [0.25, 0.3) is 0 Å². The van der Waals surface area contributed by atoms with Gasteiger partial charge in [-0.3, -0.25) is 0 Å². The number of aromatic hydroxyl groups is 1. The SMILES string of the molecule is CNC(C)c1cnc(-c2cc(Br)c(O)c(OC)c2)s1. The summed E-state index contributed by atoms with van der Waals surface area (Å²) in [7, 11) is 3.45. The highest BCUT2D eigenvalue weighted by molar-refractivity contribution is 9.10. The van der Waals surface area contributed by atoms with Gasteiger partial charge in [-0.2, -0.15) is 0 Å². The van der Waals surface area contributed by atoms with Gasteiger partial charge in [-0.25, -0.2) is 4.98 Å². The van der Waals surface area contributed by atoms with E-state index in [2.05, 4.69) is 33.2 Å². The number of thiazole rings is 1. The van der Waals surface area contributed by atoms with Crippen LogP contribution in [0.2, 0.25) is 0 Å². The standard InChI is InChI=1S/C13H15BrN2O2S/c1-7(15-2)11-6-16-13(19-11)8-4-9(14)12(17)10(5-8)18-3/h4-7,15,17H,1-3H3. The maximum absolute atomic E-state index is 9.80. The monoisotopic (exact) mass is 342 g/mol. The number of ether oxygens (including phenoxy) is 1. The fourth-order valence-corrected chi connectivity index (χ4v) is 3.02. The van der Waals surface area contributed by atoms with E-state index in [4.69, 9.17) is 4.74 Å². The van der Waals surface area contributed by atoms with Crippen molar-refractivity contribution in [3.8, 4) is 22.1 Å². The minimum absolute atomic E-state index is 0.103. The maximum atomic E-state index is 9.80. The molecule has 0 spiro atoms. The Morgan fingerprint density at radius 1 is 1.47 bits per heavy atom. The van der Waals surface area contributed by atoms with Crippen molar-refractivity contribution in [2.24, 2.45) is 0 Å². The summed E-state index contributed by atoms with van der Waals surface area (Å²) < 4.78 is 5.75. The number of benzene rings is 1. The number of hydrogen-bond acceptors (Lipinski definition) is 5. The van der Waals surface area contributed by atoms with Gasteiger partial charge in [0.05, 0.1) is 11.6 Å². The topological polar surface area (TPSA) is 54.4 Å². The summed E-state index contributed by atoms with van der Waals surface area (Å²) >= 11 is 4.94. The van der Waals surface area contributed by atoms with E-state index in [1.165, 1.54) is 12.0 Å². The number of phenolic OH excluding ortho intramolecular Hbond substituents is 1. The van der Waals surface area contributed by atoms with Crippen LogP contribution in [0.1, 0.15) is 17.8 Å². The van der Waals surface area contributed by atoms with Gasteiger partial charge >= 0.3 is 0 Å². The van der Waals surface area contributed by atoms with Crippen molar-refractivity contribution in [1.82, 2.24) is 10.3 Å². The van der Waals surface area contributed by atoms with Crippen molar-refractivity contribution in [1.29, 1.82) is 0 Å². The molecule has 0 fully saturated rings. The van der Waals surface area contributed by atoms with Crippen LogP contribution in [0.3, 0.4) is 0 Å². The average molecular weight is 343 g/mol. The predicted octanol–water partition coefficient (Wildman–Crippen LogP) is 3.57. The van der Waals surface area contributed by atoms with Crippen molar-refractivity contribution in [2.45, 2.75) is 13.0 Å². The lowest BCUT2D eigenvalue weighted by molar-refractivity contribution is 0.372. The quantitative estimate of drug-likeness (QED) is 0.891. The fraction of sp³-hybridized carbons (Fsp3) is 0.308. The Balaban J connectivity index is 2.42. The molecule has 1 unspecified atom stereocenters. The van der Waals surface area contributed by atoms with E-state index in [0.717, 1.165) is 10.6 Å². The molecule has 0 radical (unpaired) electrons. The molecule has 2 rings (SSSR count). The van der Waals surface area contributed by atoms with Gasteiger partial charge in [0.1, 0.15) is 5.01 Å². The zero-order chi connectivity index (χ0) is 14.0. The van der Waals surface area contributed by atoms with E-state index in [1.54, 1.807) is 17.4 Å². The summed E-state index contributed by atoms with van der Waals surface area (Å²) in [6, 6.07) is 3.89. The zero-order valence-corrected chi connectivity index (χ0v) is 13.3. The van der Waals surface area contributed by atoms with Crippen LogP contribution in [0, 0.1) is 0 Å². The summed E-state index contributed by atoms with van der Waals surface area (Å²) in [6.07, 6.45) is 1.87. The smallest absolute Gasteiger partial charge is 0.172 e. The first kappa shape index (κ1) is 14.3. The van der Waals surface area contributed by atoms with Crippen LogP contribution in [-0.4, -0.2) is 24.2 Å². The number of methoxy groups -OCH3 is 1. The highest BCUT2D eigenvalue weighted by Gasteiger charge is 2.14. The first-order chi connectivity index (χ1) is 9.06. The van der Waals surface area contributed by atoms with E-state index in [1.807, 2.05) is 19.3 Å². The van der Waals surface area contributed by atoms with Gasteiger partial charge in [0, 0.05) is 22.7 Å². The molecule has 0 aliphatic heterocycles. The molecular weight excluding hydrogens is 328 g/mol. The Labute approximate surface area is 124 Å². The molecule has 2 N–H and O–H groups in total. The van der Waals surface area contributed by atoms with Crippen molar-refractivity contribution in [2.75, 3.05) is 14.2 Å². The molecule has 0 aliphatic rings. The molecule has 1 aromatic carbocycles. The lowest BCUT2D eigenvalue weighted by Gasteiger charge is -2.07. The first-order valence-corrected chi connectivity index (χ1v) is 7.37. The second kappa shape index (κ2) is 5.90. The van der Waals surface area contributed by atoms with E-state index >= 15 is 0 Å². The number of hydrogen-bond donors (Lipinski definition) is 2. The average Bonchev–Trinajstić information content (AvgIpc) is 2.90. The summed E-state index contributed by atoms with van der Waals surface area (Å²) in [5, 5.41) is 13.9. The molecule has 0 saturated carbocycles. The second-order valence-electron chi connectivity index (χ2n) is 4.09. The fourth-order valence-electron chi connectivity index (χ4n) is 1.62. The normalized spacial score (nSPS) is 12.4. The van der Waals surface area contributed by atoms with E-state index in [0.29, 0.717) is 10.2 Å². The van der Waals surface area contributed by atoms with Crippen molar-refractivity contribution < 1.29 is 9.84 Å². The lowest BCUT2D eigenvalue weighted by atomic mass is 10.2. The third kappa shape index (κ3) is 2.91. The van der Waals surface area contributed by atoms with Gasteiger partial charge in [0.2, 0.25) is 0 Å². The molecule has 0 saturated heterocycles. The third-order valence-corrected chi connectivity index (χ3v) is 4.71. The van der Waals surface area contributed by atoms with Crippen LogP contribution < -0.4 is 10.1 Å². The molecule has 2 aromatic rings. The number of rotatable bonds is 4. The molecule has 19 heavy (non-hydrogen) atoms. The molecule has 0 aliphatic carbocycles. The number of nitrogens with one attached hydrogen (secondary N) is 1. The first-order valence-electron chi connectivity index (χ1n) is 5.76. The lowest BCUT2D eigenvalue weighted by Crippen LogP contribution is -2.10. The minimum atomic E-state index is 0.103. The molecular formula is C13H15BrN2O2S. The summed E-state index contributed by atoms with van der Waals surface area (Å²) in [5.74, 6) is 0.536. The number of halogens is 1. The van der Waals surface area contributed by atoms with Crippen LogP contribution in [0.4, 0.5) is 0 Å². The molecule has 0 amide bonds. The predicted molar refractivity (Wildman–Crippen MR) is 80.9 cm³/mol. The Morgan fingerprint density at radius 2 is 2.21 bits per heavy atom. The van der Waals surface area contributed by atoms with Crippen molar-refractivity contribution in [3.63, 3.8) is 0 Å². The van der Waals surface area contributed by atoms with Crippen LogP contribution in [0.5, 0.6) is 11.5 Å². The van der Waals surface area contributed by atoms with E-state index < -0.39 is 0 Å². The Bertz CT molecular complexity index is 586. The van der Waals surface area contributed by atoms with E-state index in [-0.39, 0.29) is 11.8 Å². The summed E-state index contributed by atoms with van der Waals surface area (Å²) in [6.45, 7) is 2.09. The third-order valence-electron chi connectivity index (χ3n) is 2.88. The Hall–Kier alpha value is -1.11. The molecule has 1 heterocycles. The van der Waals surface area contributed by atoms with Crippen LogP contribution in [0.25, 0.3) is 10.6 Å². The van der Waals surface area contributed by atoms with Gasteiger partial charge in [-0.1, -0.05) is 0 Å². The number of aromatic nitrogens is 1. The second-order valence-corrected chi connectivity index (χ2v) is 6.00. The molecule has 6 heteroatoms. The van der Waals surface area contributed by atoms with Crippen LogP contribution in [0.15, 0.2) is 22.8 Å². The van der Waals surface area contributed by atoms with Crippen molar-refractivity contribution >= 4 is 27.3 Å². The number of nitrogens with zero attached hydrogens (tertiary/aromatic N) is 1. The molecule has 102 valence electrons. The Morgan fingerprint density at radius 3 is 2.84 bits per heavy atom. The zero-order valence-electron chi connectivity index (χ0n) is 10.9. The minimum Gasteiger partial charge on any atom is -0.503 e. The molecule has 1 atom stereocenters. The van der Waals surface area contributed by atoms with Gasteiger partial charge in [-0.05, 0) is 42.0 Å². The highest BCUT2D eigenvalue weighted by Crippen LogP contribution is 2.39. The van der Waals surface area contributed by atoms with Gasteiger partial charge in [-0.15, -0.1) is 11.3 Å². The molecule has 4 nitrogen and oxygen atoms in total. The van der Waals surface area contributed by atoms with Crippen LogP contribution in [-0.2, 0) is 0 Å². The largest absolute Gasteiger partial charge is 0.503 e. The van der Waals surface area contributed by atoms with Gasteiger partial charge < -0.3 is 15.2 Å².